The van der Waals surface area contributed by atoms with E-state index in [0.29, 0.717) is 6.04 Å². The maximum Gasteiger partial charge on any atom is 0.124 e. The molecule has 2 atom stereocenters. The molecule has 0 spiro atoms. The first-order chi connectivity index (χ1) is 10.7. The van der Waals surface area contributed by atoms with Crippen LogP contribution >= 0.6 is 0 Å². The van der Waals surface area contributed by atoms with E-state index in [2.05, 4.69) is 41.3 Å². The molecule has 1 saturated heterocycles. The Morgan fingerprint density at radius 3 is 2.91 bits per heavy atom. The average molecular weight is 289 g/mol. The molecule has 3 heteroatoms. The van der Waals surface area contributed by atoms with Crippen LogP contribution in [0.5, 0.6) is 0 Å². The highest BCUT2D eigenvalue weighted by Gasteiger charge is 2.21. The van der Waals surface area contributed by atoms with Gasteiger partial charge in [-0.2, -0.15) is 0 Å². The van der Waals surface area contributed by atoms with Crippen LogP contribution in [0.2, 0.25) is 0 Å². The maximum absolute atomic E-state index is 5.49. The quantitative estimate of drug-likeness (QED) is 0.670. The highest BCUT2D eigenvalue weighted by Crippen LogP contribution is 2.29. The minimum atomic E-state index is 0.337. The minimum Gasteiger partial charge on any atom is -0.341 e. The predicted octanol–water partition coefficient (Wildman–Crippen LogP) is 3.76. The van der Waals surface area contributed by atoms with Gasteiger partial charge in [-0.15, -0.1) is 6.42 Å². The van der Waals surface area contributed by atoms with E-state index in [9.17, 15) is 0 Å². The van der Waals surface area contributed by atoms with Gasteiger partial charge in [0.15, 0.2) is 0 Å². The number of nitrogens with zero attached hydrogens (tertiary/aromatic N) is 1. The number of hydrogen-bond acceptors (Lipinski definition) is 2. The predicted molar refractivity (Wildman–Crippen MR) is 90.7 cm³/mol. The molecule has 1 aromatic heterocycles. The van der Waals surface area contributed by atoms with Gasteiger partial charge in [0.25, 0.3) is 0 Å². The number of H-pyrrole nitrogens is 1. The first kappa shape index (κ1) is 13.4. The Morgan fingerprint density at radius 1 is 1.23 bits per heavy atom. The number of aromatic nitrogens is 2. The summed E-state index contributed by atoms with van der Waals surface area (Å²) >= 11 is 0. The molecule has 0 radical (unpaired) electrons. The second-order valence-corrected chi connectivity index (χ2v) is 6.31. The third kappa shape index (κ3) is 2.17. The van der Waals surface area contributed by atoms with E-state index in [1.54, 1.807) is 0 Å². The Balaban J connectivity index is 1.80. The summed E-state index contributed by atoms with van der Waals surface area (Å²) in [7, 11) is 0. The van der Waals surface area contributed by atoms with Gasteiger partial charge in [-0.05, 0) is 48.9 Å². The van der Waals surface area contributed by atoms with Gasteiger partial charge in [-0.3, -0.25) is 0 Å². The molecule has 1 aliphatic rings. The highest BCUT2D eigenvalue weighted by molar-refractivity contribution is 6.04. The van der Waals surface area contributed by atoms with E-state index < -0.39 is 0 Å². The lowest BCUT2D eigenvalue weighted by Gasteiger charge is -2.26. The number of imidazole rings is 1. The number of piperidine rings is 1. The zero-order valence-electron chi connectivity index (χ0n) is 12.7. The third-order valence-electron chi connectivity index (χ3n) is 4.64. The van der Waals surface area contributed by atoms with E-state index in [1.807, 2.05) is 12.1 Å². The smallest absolute Gasteiger partial charge is 0.124 e. The zero-order valence-corrected chi connectivity index (χ0v) is 12.7. The molecule has 2 heterocycles. The van der Waals surface area contributed by atoms with Gasteiger partial charge < -0.3 is 10.3 Å². The summed E-state index contributed by atoms with van der Waals surface area (Å²) in [6.07, 6.45) is 7.88. The summed E-state index contributed by atoms with van der Waals surface area (Å²) in [6.45, 7) is 3.35. The van der Waals surface area contributed by atoms with E-state index >= 15 is 0 Å². The SMILES string of the molecule is C#Cc1ccc2c(ccc3[nH]c(C4CCC(C)CN4)nc32)c1. The fourth-order valence-electron chi connectivity index (χ4n) is 3.31. The topological polar surface area (TPSA) is 40.7 Å². The van der Waals surface area contributed by atoms with Crippen molar-refractivity contribution in [2.45, 2.75) is 25.8 Å². The van der Waals surface area contributed by atoms with Gasteiger partial charge in [-0.25, -0.2) is 4.98 Å². The van der Waals surface area contributed by atoms with Crippen molar-refractivity contribution in [2.24, 2.45) is 5.92 Å². The van der Waals surface area contributed by atoms with Crippen LogP contribution in [0.15, 0.2) is 30.3 Å². The Kier molecular flexibility index (Phi) is 3.13. The van der Waals surface area contributed by atoms with Crippen molar-refractivity contribution in [3.05, 3.63) is 41.7 Å². The molecule has 0 bridgehead atoms. The molecular weight excluding hydrogens is 270 g/mol. The molecule has 1 fully saturated rings. The van der Waals surface area contributed by atoms with Crippen LogP contribution < -0.4 is 5.32 Å². The summed E-state index contributed by atoms with van der Waals surface area (Å²) in [4.78, 5) is 8.36. The Bertz CT molecular complexity index is 877. The fraction of sp³-hybridized carbons (Fsp3) is 0.316. The highest BCUT2D eigenvalue weighted by atomic mass is 15.0. The lowest BCUT2D eigenvalue weighted by Crippen LogP contribution is -2.32. The lowest BCUT2D eigenvalue weighted by atomic mass is 9.96. The van der Waals surface area contributed by atoms with E-state index in [4.69, 9.17) is 11.4 Å². The molecule has 2 unspecified atom stereocenters. The minimum absolute atomic E-state index is 0.337. The third-order valence-corrected chi connectivity index (χ3v) is 4.64. The first-order valence-electron chi connectivity index (χ1n) is 7.87. The lowest BCUT2D eigenvalue weighted by molar-refractivity contribution is 0.325. The van der Waals surface area contributed by atoms with Crippen molar-refractivity contribution in [1.82, 2.24) is 15.3 Å². The van der Waals surface area contributed by atoms with Crippen LogP contribution in [0, 0.1) is 18.3 Å². The molecule has 4 rings (SSSR count). The number of rotatable bonds is 1. The number of nitrogens with one attached hydrogen (secondary N) is 2. The van der Waals surface area contributed by atoms with E-state index in [0.717, 1.165) is 52.1 Å². The van der Waals surface area contributed by atoms with Crippen LogP contribution in [-0.2, 0) is 0 Å². The average Bonchev–Trinajstić information content (AvgIpc) is 2.99. The van der Waals surface area contributed by atoms with Gasteiger partial charge in [0, 0.05) is 10.9 Å². The van der Waals surface area contributed by atoms with Crippen molar-refractivity contribution in [3.8, 4) is 12.3 Å². The fourth-order valence-corrected chi connectivity index (χ4v) is 3.31. The van der Waals surface area contributed by atoms with E-state index in [-0.39, 0.29) is 0 Å². The van der Waals surface area contributed by atoms with Crippen LogP contribution in [0.1, 0.15) is 37.2 Å². The van der Waals surface area contributed by atoms with Gasteiger partial charge in [-0.1, -0.05) is 25.0 Å². The summed E-state index contributed by atoms with van der Waals surface area (Å²) in [5.41, 5.74) is 3.04. The normalized spacial score (nSPS) is 22.0. The van der Waals surface area contributed by atoms with Gasteiger partial charge >= 0.3 is 0 Å². The number of aromatic amines is 1. The van der Waals surface area contributed by atoms with Crippen molar-refractivity contribution < 1.29 is 0 Å². The molecule has 0 amide bonds. The summed E-state index contributed by atoms with van der Waals surface area (Å²) in [6, 6.07) is 10.6. The molecule has 2 N–H and O–H groups in total. The molecule has 0 saturated carbocycles. The monoisotopic (exact) mass is 289 g/mol. The van der Waals surface area contributed by atoms with Crippen molar-refractivity contribution >= 4 is 21.8 Å². The summed E-state index contributed by atoms with van der Waals surface area (Å²) < 4.78 is 0. The molecule has 22 heavy (non-hydrogen) atoms. The summed E-state index contributed by atoms with van der Waals surface area (Å²) in [5.74, 6) is 4.49. The standard InChI is InChI=1S/C19H19N3/c1-3-13-5-7-15-14(10-13)6-9-16-18(15)22-19(21-16)17-8-4-12(2)11-20-17/h1,5-7,9-10,12,17,20H,4,8,11H2,2H3,(H,21,22). The summed E-state index contributed by atoms with van der Waals surface area (Å²) in [5, 5.41) is 5.89. The van der Waals surface area contributed by atoms with Crippen molar-refractivity contribution in [3.63, 3.8) is 0 Å². The molecule has 3 nitrogen and oxygen atoms in total. The molecule has 3 aromatic rings. The van der Waals surface area contributed by atoms with Crippen molar-refractivity contribution in [1.29, 1.82) is 0 Å². The second kappa shape index (κ2) is 5.15. The molecule has 2 aromatic carbocycles. The van der Waals surface area contributed by atoms with Crippen LogP contribution in [0.4, 0.5) is 0 Å². The molecule has 110 valence electrons. The van der Waals surface area contributed by atoms with Gasteiger partial charge in [0.05, 0.1) is 17.1 Å². The van der Waals surface area contributed by atoms with Crippen molar-refractivity contribution in [2.75, 3.05) is 6.54 Å². The Hall–Kier alpha value is -2.31. The van der Waals surface area contributed by atoms with Crippen LogP contribution in [0.25, 0.3) is 21.8 Å². The van der Waals surface area contributed by atoms with Crippen LogP contribution in [0.3, 0.4) is 0 Å². The Morgan fingerprint density at radius 2 is 2.14 bits per heavy atom. The number of terminal acetylenes is 1. The maximum atomic E-state index is 5.49. The van der Waals surface area contributed by atoms with Gasteiger partial charge in [0.2, 0.25) is 0 Å². The van der Waals surface area contributed by atoms with Gasteiger partial charge in [0.1, 0.15) is 5.82 Å². The number of hydrogen-bond donors (Lipinski definition) is 2. The second-order valence-electron chi connectivity index (χ2n) is 6.31. The van der Waals surface area contributed by atoms with Crippen LogP contribution in [-0.4, -0.2) is 16.5 Å². The molecule has 0 aliphatic carbocycles. The zero-order chi connectivity index (χ0) is 15.1. The molecular formula is C19H19N3. The first-order valence-corrected chi connectivity index (χ1v) is 7.87. The number of fused-ring (bicyclic) bond motifs is 3. The van der Waals surface area contributed by atoms with E-state index in [1.165, 1.54) is 6.42 Å². The Labute approximate surface area is 130 Å². The number of benzene rings is 2. The molecule has 1 aliphatic heterocycles. The largest absolute Gasteiger partial charge is 0.341 e.